The number of ether oxygens (including phenoxy) is 1. The molecule has 39 heavy (non-hydrogen) atoms. The van der Waals surface area contributed by atoms with Crippen molar-refractivity contribution in [1.82, 2.24) is 19.8 Å². The fourth-order valence-electron chi connectivity index (χ4n) is 6.96. The SMILES string of the molecule is O=C(NC1CCN(S(=O)(=O)C2CCN(C(=O)C3CCC4(CCNCC4)CC3)CC2)CC1)OCc1ccccc1. The lowest BCUT2D eigenvalue weighted by Crippen LogP contribution is -2.52. The third-order valence-electron chi connectivity index (χ3n) is 9.58. The van der Waals surface area contributed by atoms with Crippen LogP contribution in [0.2, 0.25) is 0 Å². The topological polar surface area (TPSA) is 108 Å². The summed E-state index contributed by atoms with van der Waals surface area (Å²) in [5.41, 5.74) is 1.36. The van der Waals surface area contributed by atoms with Gasteiger partial charge in [-0.2, -0.15) is 0 Å². The Labute approximate surface area is 233 Å². The largest absolute Gasteiger partial charge is 0.445 e. The summed E-state index contributed by atoms with van der Waals surface area (Å²) in [6, 6.07) is 9.41. The van der Waals surface area contributed by atoms with Crippen molar-refractivity contribution in [2.75, 3.05) is 39.3 Å². The molecule has 0 aromatic heterocycles. The first-order valence-electron chi connectivity index (χ1n) is 14.8. The van der Waals surface area contributed by atoms with Gasteiger partial charge in [0.2, 0.25) is 15.9 Å². The van der Waals surface area contributed by atoms with E-state index < -0.39 is 21.4 Å². The van der Waals surface area contributed by atoms with Gasteiger partial charge in [-0.25, -0.2) is 17.5 Å². The number of benzene rings is 1. The monoisotopic (exact) mass is 560 g/mol. The van der Waals surface area contributed by atoms with Crippen LogP contribution in [0.15, 0.2) is 30.3 Å². The molecular weight excluding hydrogens is 516 g/mol. The second-order valence-electron chi connectivity index (χ2n) is 12.0. The number of amides is 2. The molecule has 4 fully saturated rings. The first kappa shape index (κ1) is 28.4. The second kappa shape index (κ2) is 12.6. The van der Waals surface area contributed by atoms with Crippen LogP contribution in [0.5, 0.6) is 0 Å². The van der Waals surface area contributed by atoms with Gasteiger partial charge in [0.15, 0.2) is 0 Å². The summed E-state index contributed by atoms with van der Waals surface area (Å²) in [5, 5.41) is 5.89. The number of likely N-dealkylation sites (tertiary alicyclic amines) is 1. The van der Waals surface area contributed by atoms with Crippen molar-refractivity contribution in [1.29, 1.82) is 0 Å². The van der Waals surface area contributed by atoms with Crippen molar-refractivity contribution in [2.24, 2.45) is 11.3 Å². The fourth-order valence-corrected chi connectivity index (χ4v) is 8.91. The van der Waals surface area contributed by atoms with Crippen LogP contribution in [0.3, 0.4) is 0 Å². The molecule has 0 unspecified atom stereocenters. The van der Waals surface area contributed by atoms with Crippen LogP contribution in [0.1, 0.15) is 69.8 Å². The van der Waals surface area contributed by atoms with Crippen molar-refractivity contribution in [3.05, 3.63) is 35.9 Å². The van der Waals surface area contributed by atoms with Gasteiger partial charge in [0, 0.05) is 38.1 Å². The predicted molar refractivity (Wildman–Crippen MR) is 149 cm³/mol. The molecule has 2 N–H and O–H groups in total. The Balaban J connectivity index is 1.03. The summed E-state index contributed by atoms with van der Waals surface area (Å²) in [7, 11) is -3.43. The Bertz CT molecular complexity index is 1070. The lowest BCUT2D eigenvalue weighted by atomic mass is 9.65. The standard InChI is InChI=1S/C29H44N4O5S/c34-27(24-6-12-29(13-7-24)14-16-30-17-15-29)32-18-10-26(11-19-32)39(36,37)33-20-8-25(9-21-33)31-28(35)38-22-23-4-2-1-3-5-23/h1-5,24-26,30H,6-22H2,(H,31,35). The molecule has 1 saturated carbocycles. The lowest BCUT2D eigenvalue weighted by molar-refractivity contribution is -0.138. The maximum atomic E-state index is 13.4. The third-order valence-corrected chi connectivity index (χ3v) is 12.0. The van der Waals surface area contributed by atoms with E-state index in [9.17, 15) is 18.0 Å². The number of carbonyl (C=O) groups is 2. The molecule has 1 aromatic carbocycles. The van der Waals surface area contributed by atoms with Gasteiger partial charge in [-0.1, -0.05) is 30.3 Å². The van der Waals surface area contributed by atoms with Crippen molar-refractivity contribution >= 4 is 22.0 Å². The Morgan fingerprint density at radius 3 is 2.18 bits per heavy atom. The zero-order valence-electron chi connectivity index (χ0n) is 23.0. The van der Waals surface area contributed by atoms with Gasteiger partial charge in [0.1, 0.15) is 6.61 Å². The number of hydrogen-bond acceptors (Lipinski definition) is 6. The van der Waals surface area contributed by atoms with Crippen LogP contribution < -0.4 is 10.6 Å². The van der Waals surface area contributed by atoms with Crippen molar-refractivity contribution in [3.63, 3.8) is 0 Å². The van der Waals surface area contributed by atoms with E-state index in [0.29, 0.717) is 57.3 Å². The van der Waals surface area contributed by atoms with E-state index in [4.69, 9.17) is 4.74 Å². The summed E-state index contributed by atoms with van der Waals surface area (Å²) in [4.78, 5) is 27.4. The molecule has 2 amide bonds. The van der Waals surface area contributed by atoms with Gasteiger partial charge in [0.25, 0.3) is 0 Å². The fraction of sp³-hybridized carbons (Fsp3) is 0.724. The van der Waals surface area contributed by atoms with Crippen molar-refractivity contribution < 1.29 is 22.7 Å². The van der Waals surface area contributed by atoms with Crippen LogP contribution in [0.4, 0.5) is 4.79 Å². The maximum absolute atomic E-state index is 13.4. The van der Waals surface area contributed by atoms with Crippen LogP contribution in [-0.2, 0) is 26.2 Å². The van der Waals surface area contributed by atoms with Crippen LogP contribution in [0.25, 0.3) is 0 Å². The number of rotatable bonds is 6. The molecule has 3 saturated heterocycles. The number of sulfonamides is 1. The van der Waals surface area contributed by atoms with E-state index in [1.54, 1.807) is 4.31 Å². The van der Waals surface area contributed by atoms with E-state index >= 15 is 0 Å². The van der Waals surface area contributed by atoms with Crippen LogP contribution in [-0.4, -0.2) is 80.2 Å². The molecule has 3 heterocycles. The predicted octanol–water partition coefficient (Wildman–Crippen LogP) is 3.26. The highest BCUT2D eigenvalue weighted by Crippen LogP contribution is 2.45. The zero-order valence-corrected chi connectivity index (χ0v) is 23.8. The highest BCUT2D eigenvalue weighted by atomic mass is 32.2. The minimum atomic E-state index is -3.43. The van der Waals surface area contributed by atoms with Gasteiger partial charge < -0.3 is 20.3 Å². The van der Waals surface area contributed by atoms with E-state index in [-0.39, 0.29) is 24.5 Å². The van der Waals surface area contributed by atoms with E-state index in [1.807, 2.05) is 35.2 Å². The van der Waals surface area contributed by atoms with Crippen LogP contribution in [0, 0.1) is 11.3 Å². The highest BCUT2D eigenvalue weighted by Gasteiger charge is 2.41. The third kappa shape index (κ3) is 6.95. The quantitative estimate of drug-likeness (QED) is 0.553. The molecule has 3 aliphatic heterocycles. The Morgan fingerprint density at radius 1 is 0.897 bits per heavy atom. The molecule has 1 spiro atoms. The Hall–Kier alpha value is -2.17. The van der Waals surface area contributed by atoms with Crippen LogP contribution >= 0.6 is 0 Å². The Kier molecular flexibility index (Phi) is 9.13. The zero-order chi connectivity index (χ0) is 27.3. The number of carbonyl (C=O) groups excluding carboxylic acids is 2. The minimum Gasteiger partial charge on any atom is -0.445 e. The summed E-state index contributed by atoms with van der Waals surface area (Å²) >= 11 is 0. The molecule has 0 bridgehead atoms. The minimum absolute atomic E-state index is 0.0984. The normalized spacial score (nSPS) is 23.9. The smallest absolute Gasteiger partial charge is 0.407 e. The molecule has 1 aliphatic carbocycles. The maximum Gasteiger partial charge on any atom is 0.407 e. The van der Waals surface area contributed by atoms with E-state index in [1.165, 1.54) is 12.8 Å². The number of nitrogens with one attached hydrogen (secondary N) is 2. The van der Waals surface area contributed by atoms with E-state index in [2.05, 4.69) is 10.6 Å². The number of nitrogens with zero attached hydrogens (tertiary/aromatic N) is 2. The van der Waals surface area contributed by atoms with Gasteiger partial charge in [-0.3, -0.25) is 4.79 Å². The molecule has 216 valence electrons. The lowest BCUT2D eigenvalue weighted by Gasteiger charge is -2.44. The summed E-state index contributed by atoms with van der Waals surface area (Å²) in [6.45, 7) is 4.24. The molecule has 9 nitrogen and oxygen atoms in total. The summed E-state index contributed by atoms with van der Waals surface area (Å²) in [5.74, 6) is 0.338. The summed E-state index contributed by atoms with van der Waals surface area (Å²) < 4.78 is 33.7. The molecule has 0 radical (unpaired) electrons. The van der Waals surface area contributed by atoms with Crippen molar-refractivity contribution in [2.45, 2.75) is 82.1 Å². The molecule has 0 atom stereocenters. The average Bonchev–Trinajstić information content (AvgIpc) is 2.97. The number of piperidine rings is 3. The first-order valence-corrected chi connectivity index (χ1v) is 16.3. The van der Waals surface area contributed by atoms with Gasteiger partial charge >= 0.3 is 6.09 Å². The van der Waals surface area contributed by atoms with E-state index in [0.717, 1.165) is 44.3 Å². The molecule has 5 rings (SSSR count). The molecule has 1 aromatic rings. The highest BCUT2D eigenvalue weighted by molar-refractivity contribution is 7.89. The molecule has 10 heteroatoms. The van der Waals surface area contributed by atoms with Gasteiger partial charge in [-0.05, 0) is 88.3 Å². The number of hydrogen-bond donors (Lipinski definition) is 2. The Morgan fingerprint density at radius 2 is 1.54 bits per heavy atom. The molecular formula is C29H44N4O5S. The second-order valence-corrected chi connectivity index (χ2v) is 14.2. The van der Waals surface area contributed by atoms with Gasteiger partial charge in [0.05, 0.1) is 5.25 Å². The van der Waals surface area contributed by atoms with Crippen molar-refractivity contribution in [3.8, 4) is 0 Å². The summed E-state index contributed by atoms with van der Waals surface area (Å²) in [6.07, 6.45) is 8.34. The average molecular weight is 561 g/mol. The van der Waals surface area contributed by atoms with Gasteiger partial charge in [-0.15, -0.1) is 0 Å². The first-order chi connectivity index (χ1) is 18.8. The number of alkyl carbamates (subject to hydrolysis) is 1. The molecule has 4 aliphatic rings.